The van der Waals surface area contributed by atoms with Crippen molar-refractivity contribution in [2.24, 2.45) is 11.8 Å². The Balaban J connectivity index is 1.31. The maximum atomic E-state index is 13.2. The third kappa shape index (κ3) is 8.39. The molecule has 0 aliphatic carbocycles. The normalized spacial score (nSPS) is 14.7. The molecule has 1 atom stereocenters. The van der Waals surface area contributed by atoms with Gasteiger partial charge in [-0.3, -0.25) is 9.59 Å². The highest BCUT2D eigenvalue weighted by atomic mass is 19.4. The minimum absolute atomic E-state index is 0.0682. The number of ether oxygens (including phenoxy) is 1. The fourth-order valence-corrected chi connectivity index (χ4v) is 5.35. The molecule has 2 amide bonds. The van der Waals surface area contributed by atoms with E-state index in [9.17, 15) is 27.6 Å². The van der Waals surface area contributed by atoms with Gasteiger partial charge < -0.3 is 20.3 Å². The highest BCUT2D eigenvalue weighted by Gasteiger charge is 2.30. The van der Waals surface area contributed by atoms with E-state index >= 15 is 0 Å². The molecule has 0 radical (unpaired) electrons. The van der Waals surface area contributed by atoms with Crippen LogP contribution in [0.4, 0.5) is 24.5 Å². The molecule has 0 unspecified atom stereocenters. The van der Waals surface area contributed by atoms with Gasteiger partial charge in [0.25, 0.3) is 5.91 Å². The van der Waals surface area contributed by atoms with Crippen molar-refractivity contribution >= 4 is 29.2 Å². The molecule has 7 nitrogen and oxygen atoms in total. The first-order chi connectivity index (χ1) is 21.0. The summed E-state index contributed by atoms with van der Waals surface area (Å²) in [5, 5.41) is 5.73. The molecule has 1 saturated heterocycles. The molecule has 0 saturated carbocycles. The lowest BCUT2D eigenvalue weighted by Crippen LogP contribution is -2.46. The van der Waals surface area contributed by atoms with Crippen LogP contribution in [0.15, 0.2) is 72.8 Å². The van der Waals surface area contributed by atoms with E-state index in [0.717, 1.165) is 43.8 Å². The SMILES string of the molecule is CCOC(=O)[C@@H](NC(=O)CC1CCN(c2ccc(NC(=O)c3ccccc3-c3ccc(C(F)(F)F)cc3)cc2)CC1)C(C)C. The zero-order chi connectivity index (χ0) is 31.9. The molecule has 2 N–H and O–H groups in total. The van der Waals surface area contributed by atoms with Gasteiger partial charge in [-0.25, -0.2) is 4.79 Å². The lowest BCUT2D eigenvalue weighted by atomic mass is 9.92. The molecule has 44 heavy (non-hydrogen) atoms. The van der Waals surface area contributed by atoms with Gasteiger partial charge in [0.05, 0.1) is 12.2 Å². The summed E-state index contributed by atoms with van der Waals surface area (Å²) in [6.45, 7) is 7.30. The summed E-state index contributed by atoms with van der Waals surface area (Å²) >= 11 is 0. The highest BCUT2D eigenvalue weighted by Crippen LogP contribution is 2.32. The Morgan fingerprint density at radius 3 is 2.16 bits per heavy atom. The number of carbonyl (C=O) groups excluding carboxylic acids is 3. The van der Waals surface area contributed by atoms with Gasteiger partial charge in [0.15, 0.2) is 0 Å². The summed E-state index contributed by atoms with van der Waals surface area (Å²) in [4.78, 5) is 40.2. The summed E-state index contributed by atoms with van der Waals surface area (Å²) in [7, 11) is 0. The van der Waals surface area contributed by atoms with E-state index < -0.39 is 23.8 Å². The fourth-order valence-electron chi connectivity index (χ4n) is 5.35. The van der Waals surface area contributed by atoms with Gasteiger partial charge in [-0.15, -0.1) is 0 Å². The molecule has 0 spiro atoms. The van der Waals surface area contributed by atoms with Crippen molar-refractivity contribution in [3.63, 3.8) is 0 Å². The average Bonchev–Trinajstić information content (AvgIpc) is 3.00. The highest BCUT2D eigenvalue weighted by molar-refractivity contribution is 6.08. The largest absolute Gasteiger partial charge is 0.464 e. The summed E-state index contributed by atoms with van der Waals surface area (Å²) in [6, 6.07) is 18.4. The van der Waals surface area contributed by atoms with Gasteiger partial charge >= 0.3 is 12.1 Å². The number of anilines is 2. The van der Waals surface area contributed by atoms with E-state index in [-0.39, 0.29) is 30.3 Å². The maximum absolute atomic E-state index is 13.2. The molecule has 1 aliphatic rings. The van der Waals surface area contributed by atoms with E-state index in [1.165, 1.54) is 12.1 Å². The fraction of sp³-hybridized carbons (Fsp3) is 0.382. The Labute approximate surface area is 255 Å². The van der Waals surface area contributed by atoms with E-state index in [1.54, 1.807) is 31.2 Å². The van der Waals surface area contributed by atoms with Crippen molar-refractivity contribution in [1.29, 1.82) is 0 Å². The Hall–Kier alpha value is -4.34. The predicted octanol–water partition coefficient (Wildman–Crippen LogP) is 6.94. The first kappa shape index (κ1) is 32.6. The van der Waals surface area contributed by atoms with Gasteiger partial charge in [0.1, 0.15) is 6.04 Å². The number of carbonyl (C=O) groups is 3. The van der Waals surface area contributed by atoms with Crippen molar-refractivity contribution in [3.05, 3.63) is 83.9 Å². The predicted molar refractivity (Wildman–Crippen MR) is 164 cm³/mol. The number of hydrogen-bond donors (Lipinski definition) is 2. The van der Waals surface area contributed by atoms with Gasteiger partial charge in [0.2, 0.25) is 5.91 Å². The summed E-state index contributed by atoms with van der Waals surface area (Å²) < 4.78 is 44.1. The van der Waals surface area contributed by atoms with Crippen LogP contribution in [0.2, 0.25) is 0 Å². The number of benzene rings is 3. The number of nitrogens with one attached hydrogen (secondary N) is 2. The molecule has 3 aromatic rings. The van der Waals surface area contributed by atoms with Crippen molar-refractivity contribution < 1.29 is 32.3 Å². The number of rotatable bonds is 10. The topological polar surface area (TPSA) is 87.7 Å². The molecule has 0 bridgehead atoms. The zero-order valence-corrected chi connectivity index (χ0v) is 25.1. The minimum Gasteiger partial charge on any atom is -0.464 e. The summed E-state index contributed by atoms with van der Waals surface area (Å²) in [5.41, 5.74) is 2.24. The van der Waals surface area contributed by atoms with E-state index in [0.29, 0.717) is 28.8 Å². The summed E-state index contributed by atoms with van der Waals surface area (Å²) in [6.07, 6.45) is -2.41. The molecule has 1 aliphatic heterocycles. The second-order valence-corrected chi connectivity index (χ2v) is 11.3. The molecular weight excluding hydrogens is 571 g/mol. The monoisotopic (exact) mass is 609 g/mol. The molecule has 3 aromatic carbocycles. The van der Waals surface area contributed by atoms with Crippen molar-refractivity contribution in [1.82, 2.24) is 5.32 Å². The number of piperidine rings is 1. The number of alkyl halides is 3. The first-order valence-corrected chi connectivity index (χ1v) is 14.8. The van der Waals surface area contributed by atoms with Crippen LogP contribution < -0.4 is 15.5 Å². The molecule has 0 aromatic heterocycles. The second-order valence-electron chi connectivity index (χ2n) is 11.3. The van der Waals surface area contributed by atoms with Gasteiger partial charge in [-0.1, -0.05) is 44.2 Å². The smallest absolute Gasteiger partial charge is 0.416 e. The van der Waals surface area contributed by atoms with Crippen LogP contribution in [0, 0.1) is 11.8 Å². The maximum Gasteiger partial charge on any atom is 0.416 e. The van der Waals surface area contributed by atoms with Crippen LogP contribution in [-0.2, 0) is 20.5 Å². The Morgan fingerprint density at radius 2 is 1.57 bits per heavy atom. The standard InChI is InChI=1S/C34H38F3N3O4/c1-4-44-33(43)31(22(2)3)39-30(41)21-23-17-19-40(20-18-23)27-15-13-26(14-16-27)38-32(42)29-8-6-5-7-28(29)24-9-11-25(12-10-24)34(35,36)37/h5-16,22-23,31H,4,17-21H2,1-3H3,(H,38,42)(H,39,41)/t31-/m0/s1. The van der Waals surface area contributed by atoms with Crippen molar-refractivity contribution in [2.45, 2.75) is 52.3 Å². The average molecular weight is 610 g/mol. The lowest BCUT2D eigenvalue weighted by Gasteiger charge is -2.33. The quantitative estimate of drug-likeness (QED) is 0.243. The minimum atomic E-state index is -4.43. The lowest BCUT2D eigenvalue weighted by molar-refractivity contribution is -0.148. The van der Waals surface area contributed by atoms with E-state index in [1.807, 2.05) is 38.1 Å². The third-order valence-electron chi connectivity index (χ3n) is 7.80. The summed E-state index contributed by atoms with van der Waals surface area (Å²) in [5.74, 6) is -0.773. The Kier molecular flexibility index (Phi) is 10.7. The number of hydrogen-bond acceptors (Lipinski definition) is 5. The van der Waals surface area contributed by atoms with Crippen molar-refractivity contribution in [2.75, 3.05) is 29.9 Å². The molecular formula is C34H38F3N3O4. The molecule has 234 valence electrons. The Bertz CT molecular complexity index is 1430. The van der Waals surface area contributed by atoms with Crippen LogP contribution in [0.1, 0.15) is 56.0 Å². The molecule has 4 rings (SSSR count). The van der Waals surface area contributed by atoms with Gasteiger partial charge in [-0.05, 0) is 85.2 Å². The molecule has 1 fully saturated rings. The number of esters is 1. The number of nitrogens with zero attached hydrogens (tertiary/aromatic N) is 1. The van der Waals surface area contributed by atoms with Crippen molar-refractivity contribution in [3.8, 4) is 11.1 Å². The Morgan fingerprint density at radius 1 is 0.932 bits per heavy atom. The van der Waals surface area contributed by atoms with Gasteiger partial charge in [-0.2, -0.15) is 13.2 Å². The van der Waals surface area contributed by atoms with Crippen LogP contribution in [0.3, 0.4) is 0 Å². The second kappa shape index (κ2) is 14.4. The van der Waals surface area contributed by atoms with E-state index in [4.69, 9.17) is 4.74 Å². The zero-order valence-electron chi connectivity index (χ0n) is 25.1. The number of halogens is 3. The van der Waals surface area contributed by atoms with Crippen LogP contribution in [0.5, 0.6) is 0 Å². The van der Waals surface area contributed by atoms with Gasteiger partial charge in [0, 0.05) is 36.4 Å². The third-order valence-corrected chi connectivity index (χ3v) is 7.80. The molecule has 10 heteroatoms. The van der Waals surface area contributed by atoms with E-state index in [2.05, 4.69) is 15.5 Å². The number of amides is 2. The van der Waals surface area contributed by atoms with Crippen LogP contribution >= 0.6 is 0 Å². The molecule has 1 heterocycles. The van der Waals surface area contributed by atoms with Crippen LogP contribution in [0.25, 0.3) is 11.1 Å². The first-order valence-electron chi connectivity index (χ1n) is 14.8. The van der Waals surface area contributed by atoms with Crippen LogP contribution in [-0.4, -0.2) is 43.5 Å².